The minimum absolute atomic E-state index is 0.0414. The van der Waals surface area contributed by atoms with Gasteiger partial charge in [0.1, 0.15) is 18.3 Å². The summed E-state index contributed by atoms with van der Waals surface area (Å²) in [7, 11) is 0. The summed E-state index contributed by atoms with van der Waals surface area (Å²) in [6.07, 6.45) is 17.2. The van der Waals surface area contributed by atoms with Gasteiger partial charge in [0.05, 0.1) is 5.92 Å². The number of aliphatic hydroxyl groups excluding tert-OH is 1. The third kappa shape index (κ3) is 8.49. The van der Waals surface area contributed by atoms with Crippen LogP contribution in [0.4, 0.5) is 0 Å². The SMILES string of the molecule is C[C@@H]1C=C(CCCCCCCCCCCCCCC2C(=O)O[C@H](C)[C@@H]2O)C(=O)O1. The van der Waals surface area contributed by atoms with Crippen molar-refractivity contribution in [2.24, 2.45) is 5.92 Å². The minimum Gasteiger partial charge on any atom is -0.460 e. The van der Waals surface area contributed by atoms with Crippen LogP contribution in [0.25, 0.3) is 0 Å². The Bertz CT molecular complexity index is 541. The number of carbonyl (C=O) groups is 2. The molecule has 2 rings (SSSR count). The Morgan fingerprint density at radius 2 is 1.31 bits per heavy atom. The number of unbranched alkanes of at least 4 members (excludes halogenated alkanes) is 11. The van der Waals surface area contributed by atoms with Crippen molar-refractivity contribution in [2.45, 2.75) is 122 Å². The van der Waals surface area contributed by atoms with E-state index in [4.69, 9.17) is 9.47 Å². The van der Waals surface area contributed by atoms with Crippen LogP contribution in [-0.2, 0) is 19.1 Å². The molecule has 0 spiro atoms. The molecule has 166 valence electrons. The van der Waals surface area contributed by atoms with Crippen LogP contribution < -0.4 is 0 Å². The molecule has 0 aliphatic carbocycles. The zero-order valence-corrected chi connectivity index (χ0v) is 18.4. The van der Waals surface area contributed by atoms with Crippen LogP contribution >= 0.6 is 0 Å². The second kappa shape index (κ2) is 13.0. The molecule has 0 amide bonds. The maximum absolute atomic E-state index is 11.6. The van der Waals surface area contributed by atoms with Crippen molar-refractivity contribution in [1.82, 2.24) is 0 Å². The van der Waals surface area contributed by atoms with Gasteiger partial charge in [-0.1, -0.05) is 70.6 Å². The lowest BCUT2D eigenvalue weighted by Gasteiger charge is -2.11. The molecule has 1 N–H and O–H groups in total. The third-order valence-corrected chi connectivity index (χ3v) is 6.20. The molecule has 2 heterocycles. The standard InChI is InChI=1S/C24H40O5/c1-18-17-20(23(26)28-18)15-13-11-9-7-5-3-4-6-8-10-12-14-16-21-22(25)19(2)29-24(21)27/h17-19,21-22,25H,3-16H2,1-2H3/t18-,19-,21?,22+/m1/s1. The molecule has 1 unspecified atom stereocenters. The van der Waals surface area contributed by atoms with Gasteiger partial charge >= 0.3 is 11.9 Å². The fraction of sp³-hybridized carbons (Fsp3) is 0.833. The van der Waals surface area contributed by atoms with Crippen LogP contribution in [0.5, 0.6) is 0 Å². The summed E-state index contributed by atoms with van der Waals surface area (Å²) in [6.45, 7) is 3.67. The van der Waals surface area contributed by atoms with Gasteiger partial charge in [-0.15, -0.1) is 0 Å². The van der Waals surface area contributed by atoms with Gasteiger partial charge in [0.15, 0.2) is 0 Å². The number of hydrogen-bond acceptors (Lipinski definition) is 5. The van der Waals surface area contributed by atoms with Crippen LogP contribution in [0, 0.1) is 5.92 Å². The van der Waals surface area contributed by atoms with Crippen LogP contribution in [0.15, 0.2) is 11.6 Å². The first-order chi connectivity index (χ1) is 14.0. The molecule has 29 heavy (non-hydrogen) atoms. The normalized spacial score (nSPS) is 26.5. The number of aliphatic hydroxyl groups is 1. The number of hydrogen-bond donors (Lipinski definition) is 1. The van der Waals surface area contributed by atoms with Gasteiger partial charge in [0.2, 0.25) is 0 Å². The molecule has 5 nitrogen and oxygen atoms in total. The van der Waals surface area contributed by atoms with E-state index in [1.54, 1.807) is 6.92 Å². The van der Waals surface area contributed by atoms with Crippen molar-refractivity contribution >= 4 is 11.9 Å². The molecule has 5 heteroatoms. The predicted molar refractivity (Wildman–Crippen MR) is 113 cm³/mol. The van der Waals surface area contributed by atoms with Gasteiger partial charge < -0.3 is 14.6 Å². The molecule has 2 aliphatic heterocycles. The van der Waals surface area contributed by atoms with Crippen molar-refractivity contribution in [1.29, 1.82) is 0 Å². The zero-order valence-electron chi connectivity index (χ0n) is 18.4. The molecule has 0 aromatic carbocycles. The highest BCUT2D eigenvalue weighted by atomic mass is 16.6. The molecule has 0 radical (unpaired) electrons. The first kappa shape index (κ1) is 23.9. The molecule has 1 fully saturated rings. The second-order valence-corrected chi connectivity index (χ2v) is 8.82. The maximum atomic E-state index is 11.6. The Hall–Kier alpha value is -1.36. The first-order valence-electron chi connectivity index (χ1n) is 11.8. The summed E-state index contributed by atoms with van der Waals surface area (Å²) in [6, 6.07) is 0. The number of cyclic esters (lactones) is 2. The summed E-state index contributed by atoms with van der Waals surface area (Å²) in [5.41, 5.74) is 0.867. The number of rotatable bonds is 15. The van der Waals surface area contributed by atoms with Crippen molar-refractivity contribution in [3.8, 4) is 0 Å². The van der Waals surface area contributed by atoms with Crippen LogP contribution in [0.1, 0.15) is 104 Å². The average Bonchev–Trinajstić information content (AvgIpc) is 3.13. The van der Waals surface area contributed by atoms with E-state index in [1.807, 2.05) is 13.0 Å². The molecule has 2 aliphatic rings. The van der Waals surface area contributed by atoms with Crippen molar-refractivity contribution < 1.29 is 24.2 Å². The molecule has 0 aromatic rings. The summed E-state index contributed by atoms with van der Waals surface area (Å²) in [5, 5.41) is 9.92. The quantitative estimate of drug-likeness (QED) is 0.296. The summed E-state index contributed by atoms with van der Waals surface area (Å²) in [5.74, 6) is -0.652. The summed E-state index contributed by atoms with van der Waals surface area (Å²) < 4.78 is 10.2. The summed E-state index contributed by atoms with van der Waals surface area (Å²) in [4.78, 5) is 23.1. The van der Waals surface area contributed by atoms with E-state index in [1.165, 1.54) is 57.8 Å². The van der Waals surface area contributed by atoms with Crippen LogP contribution in [-0.4, -0.2) is 35.4 Å². The molecule has 4 atom stereocenters. The topological polar surface area (TPSA) is 72.8 Å². The molecule has 0 saturated carbocycles. The Kier molecular flexibility index (Phi) is 10.8. The highest BCUT2D eigenvalue weighted by Gasteiger charge is 2.40. The van der Waals surface area contributed by atoms with E-state index < -0.39 is 6.10 Å². The van der Waals surface area contributed by atoms with E-state index in [0.29, 0.717) is 0 Å². The molecule has 0 bridgehead atoms. The van der Waals surface area contributed by atoms with E-state index in [2.05, 4.69) is 0 Å². The molecular formula is C24H40O5. The highest BCUT2D eigenvalue weighted by Crippen LogP contribution is 2.26. The van der Waals surface area contributed by atoms with Crippen molar-refractivity contribution in [2.75, 3.05) is 0 Å². The molecule has 1 saturated heterocycles. The highest BCUT2D eigenvalue weighted by molar-refractivity contribution is 5.90. The van der Waals surface area contributed by atoms with Crippen molar-refractivity contribution in [3.05, 3.63) is 11.6 Å². The smallest absolute Gasteiger partial charge is 0.334 e. The zero-order chi connectivity index (χ0) is 21.1. The molecule has 0 aromatic heterocycles. The average molecular weight is 409 g/mol. The van der Waals surface area contributed by atoms with E-state index in [9.17, 15) is 14.7 Å². The van der Waals surface area contributed by atoms with Gasteiger partial charge in [-0.05, 0) is 39.2 Å². The largest absolute Gasteiger partial charge is 0.460 e. The van der Waals surface area contributed by atoms with Crippen molar-refractivity contribution in [3.63, 3.8) is 0 Å². The first-order valence-corrected chi connectivity index (χ1v) is 11.8. The fourth-order valence-corrected chi connectivity index (χ4v) is 4.36. The van der Waals surface area contributed by atoms with Crippen LogP contribution in [0.2, 0.25) is 0 Å². The van der Waals surface area contributed by atoms with Gasteiger partial charge in [0, 0.05) is 5.57 Å². The van der Waals surface area contributed by atoms with Gasteiger partial charge in [-0.2, -0.15) is 0 Å². The number of carbonyl (C=O) groups excluding carboxylic acids is 2. The Labute approximate surface area is 176 Å². The number of esters is 2. The lowest BCUT2D eigenvalue weighted by molar-refractivity contribution is -0.144. The van der Waals surface area contributed by atoms with E-state index in [-0.39, 0.29) is 30.1 Å². The second-order valence-electron chi connectivity index (χ2n) is 8.82. The molecular weight excluding hydrogens is 368 g/mol. The maximum Gasteiger partial charge on any atom is 0.334 e. The minimum atomic E-state index is -0.623. The Balaban J connectivity index is 1.31. The summed E-state index contributed by atoms with van der Waals surface area (Å²) >= 11 is 0. The van der Waals surface area contributed by atoms with Gasteiger partial charge in [-0.25, -0.2) is 4.79 Å². The monoisotopic (exact) mass is 408 g/mol. The van der Waals surface area contributed by atoms with Gasteiger partial charge in [0.25, 0.3) is 0 Å². The van der Waals surface area contributed by atoms with E-state index in [0.717, 1.165) is 37.7 Å². The van der Waals surface area contributed by atoms with E-state index >= 15 is 0 Å². The predicted octanol–water partition coefficient (Wildman–Crippen LogP) is 5.24. The van der Waals surface area contributed by atoms with Gasteiger partial charge in [-0.3, -0.25) is 4.79 Å². The lowest BCUT2D eigenvalue weighted by Crippen LogP contribution is -2.24. The van der Waals surface area contributed by atoms with Crippen LogP contribution in [0.3, 0.4) is 0 Å². The third-order valence-electron chi connectivity index (χ3n) is 6.20. The Morgan fingerprint density at radius 3 is 1.76 bits per heavy atom. The number of ether oxygens (including phenoxy) is 2. The lowest BCUT2D eigenvalue weighted by atomic mass is 9.95. The fourth-order valence-electron chi connectivity index (χ4n) is 4.36. The Morgan fingerprint density at radius 1 is 0.793 bits per heavy atom.